The molecule has 11 heteroatoms. The van der Waals surface area contributed by atoms with Crippen LogP contribution >= 0.6 is 15.9 Å². The van der Waals surface area contributed by atoms with Gasteiger partial charge >= 0.3 is 17.7 Å². The molecule has 0 bridgehead atoms. The van der Waals surface area contributed by atoms with Gasteiger partial charge in [-0.05, 0) is 42.3 Å². The van der Waals surface area contributed by atoms with E-state index in [4.69, 9.17) is 4.74 Å². The van der Waals surface area contributed by atoms with Crippen molar-refractivity contribution >= 4 is 39.5 Å². The van der Waals surface area contributed by atoms with Crippen molar-refractivity contribution in [3.63, 3.8) is 0 Å². The lowest BCUT2D eigenvalue weighted by Gasteiger charge is -2.28. The van der Waals surface area contributed by atoms with Crippen molar-refractivity contribution in [1.29, 1.82) is 0 Å². The van der Waals surface area contributed by atoms with Crippen molar-refractivity contribution in [3.8, 4) is 0 Å². The van der Waals surface area contributed by atoms with Gasteiger partial charge in [-0.25, -0.2) is 14.6 Å². The predicted octanol–water partition coefficient (Wildman–Crippen LogP) is 3.88. The molecule has 2 aromatic rings. The first-order valence-corrected chi connectivity index (χ1v) is 9.61. The maximum atomic E-state index is 12.4. The Morgan fingerprint density at radius 1 is 1.27 bits per heavy atom. The molecule has 2 rings (SSSR count). The second-order valence-corrected chi connectivity index (χ2v) is 8.19. The van der Waals surface area contributed by atoms with Gasteiger partial charge in [0.25, 0.3) is 0 Å². The van der Waals surface area contributed by atoms with Gasteiger partial charge in [-0.3, -0.25) is 10.1 Å². The number of carbonyl (C=O) groups excluding carboxylic acids is 1. The maximum absolute atomic E-state index is 12.4. The van der Waals surface area contributed by atoms with E-state index >= 15 is 0 Å². The van der Waals surface area contributed by atoms with Crippen LogP contribution in [0.25, 0.3) is 0 Å². The molecule has 10 nitrogen and oxygen atoms in total. The largest absolute Gasteiger partial charge is 0.480 e. The Labute approximate surface area is 180 Å². The highest BCUT2D eigenvalue weighted by molar-refractivity contribution is 9.10. The number of carboxylic acids is 1. The van der Waals surface area contributed by atoms with Gasteiger partial charge in [0.15, 0.2) is 6.04 Å². The van der Waals surface area contributed by atoms with E-state index in [9.17, 15) is 24.8 Å². The van der Waals surface area contributed by atoms with Crippen LogP contribution in [0.4, 0.5) is 16.3 Å². The Kier molecular flexibility index (Phi) is 7.33. The maximum Gasteiger partial charge on any atom is 0.408 e. The van der Waals surface area contributed by atoms with Crippen LogP contribution in [0.15, 0.2) is 47.1 Å². The molecule has 0 aliphatic heterocycles. The fraction of sp³-hybridized carbons (Fsp3) is 0.316. The van der Waals surface area contributed by atoms with Crippen molar-refractivity contribution in [3.05, 3.63) is 62.7 Å². The van der Waals surface area contributed by atoms with Crippen molar-refractivity contribution in [2.45, 2.75) is 38.5 Å². The van der Waals surface area contributed by atoms with Crippen LogP contribution in [-0.4, -0.2) is 38.7 Å². The summed E-state index contributed by atoms with van der Waals surface area (Å²) in [4.78, 5) is 39.0. The zero-order chi connectivity index (χ0) is 22.5. The molecule has 0 aliphatic rings. The molecule has 0 spiro atoms. The van der Waals surface area contributed by atoms with Crippen molar-refractivity contribution < 1.29 is 24.4 Å². The summed E-state index contributed by atoms with van der Waals surface area (Å²) in [5.41, 5.74) is -0.758. The molecule has 0 unspecified atom stereocenters. The number of anilines is 1. The Morgan fingerprint density at radius 2 is 1.90 bits per heavy atom. The van der Waals surface area contributed by atoms with Gasteiger partial charge in [0.05, 0.1) is 11.0 Å². The molecule has 30 heavy (non-hydrogen) atoms. The van der Waals surface area contributed by atoms with Crippen LogP contribution < -0.4 is 10.6 Å². The number of carboxylic acid groups (broad SMARTS) is 1. The number of aliphatic carboxylic acids is 1. The zero-order valence-corrected chi connectivity index (χ0v) is 18.0. The molecule has 1 amide bonds. The monoisotopic (exact) mass is 480 g/mol. The molecule has 1 aromatic heterocycles. The van der Waals surface area contributed by atoms with E-state index in [2.05, 4.69) is 31.5 Å². The van der Waals surface area contributed by atoms with Gasteiger partial charge in [-0.1, -0.05) is 30.3 Å². The van der Waals surface area contributed by atoms with Crippen molar-refractivity contribution in [2.75, 3.05) is 5.32 Å². The number of halogens is 1. The number of ether oxygens (including phenoxy) is 1. The number of benzene rings is 1. The Bertz CT molecular complexity index is 932. The number of carbonyl (C=O) groups is 2. The molecule has 2 atom stereocenters. The second kappa shape index (κ2) is 9.53. The summed E-state index contributed by atoms with van der Waals surface area (Å²) in [5.74, 6) is -1.60. The number of rotatable bonds is 7. The van der Waals surface area contributed by atoms with Gasteiger partial charge in [-0.15, -0.1) is 0 Å². The molecule has 0 fully saturated rings. The van der Waals surface area contributed by atoms with Crippen molar-refractivity contribution in [1.82, 2.24) is 10.3 Å². The Morgan fingerprint density at radius 3 is 2.43 bits per heavy atom. The Hall–Kier alpha value is -3.21. The van der Waals surface area contributed by atoms with Crippen LogP contribution in [0.1, 0.15) is 32.4 Å². The van der Waals surface area contributed by atoms with Crippen LogP contribution in [0.5, 0.6) is 0 Å². The minimum atomic E-state index is -1.48. The minimum Gasteiger partial charge on any atom is -0.480 e. The summed E-state index contributed by atoms with van der Waals surface area (Å²) in [6.45, 7) is 5.02. The van der Waals surface area contributed by atoms with Crippen LogP contribution in [0.2, 0.25) is 0 Å². The van der Waals surface area contributed by atoms with Crippen LogP contribution in [0.3, 0.4) is 0 Å². The number of amides is 1. The molecular formula is C19H21BrN4O6. The lowest BCUT2D eigenvalue weighted by Crippen LogP contribution is -2.46. The van der Waals surface area contributed by atoms with E-state index in [1.165, 1.54) is 12.3 Å². The SMILES string of the molecule is CC(C)(C)OC(=O)N[C@H](c1ccccc1)[C@H](Nc1ncc(Br)cc1[N+](=O)[O-])C(=O)O. The summed E-state index contributed by atoms with van der Waals surface area (Å²) < 4.78 is 5.61. The second-order valence-electron chi connectivity index (χ2n) is 7.27. The summed E-state index contributed by atoms with van der Waals surface area (Å²) >= 11 is 3.10. The van der Waals surface area contributed by atoms with Gasteiger partial charge in [0, 0.05) is 16.7 Å². The third-order valence-corrected chi connectivity index (χ3v) is 4.19. The Balaban J connectivity index is 2.44. The average molecular weight is 481 g/mol. The topological polar surface area (TPSA) is 144 Å². The van der Waals surface area contributed by atoms with Gasteiger partial charge in [-0.2, -0.15) is 0 Å². The number of nitrogens with one attached hydrogen (secondary N) is 2. The summed E-state index contributed by atoms with van der Waals surface area (Å²) in [7, 11) is 0. The molecule has 0 saturated heterocycles. The number of aromatic nitrogens is 1. The summed E-state index contributed by atoms with van der Waals surface area (Å²) in [5, 5.41) is 26.3. The molecular weight excluding hydrogens is 460 g/mol. The fourth-order valence-electron chi connectivity index (χ4n) is 2.57. The molecule has 3 N–H and O–H groups in total. The molecule has 1 aromatic carbocycles. The summed E-state index contributed by atoms with van der Waals surface area (Å²) in [6, 6.07) is 6.96. The van der Waals surface area contributed by atoms with Gasteiger partial charge in [0.1, 0.15) is 5.60 Å². The average Bonchev–Trinajstić information content (AvgIpc) is 2.64. The lowest BCUT2D eigenvalue weighted by molar-refractivity contribution is -0.384. The number of hydrogen-bond acceptors (Lipinski definition) is 7. The van der Waals surface area contributed by atoms with Gasteiger partial charge < -0.3 is 20.5 Å². The smallest absolute Gasteiger partial charge is 0.408 e. The molecule has 0 radical (unpaired) electrons. The lowest BCUT2D eigenvalue weighted by atomic mass is 9.99. The highest BCUT2D eigenvalue weighted by Crippen LogP contribution is 2.28. The normalized spacial score (nSPS) is 13.1. The van der Waals surface area contributed by atoms with E-state index in [0.717, 1.165) is 0 Å². The number of hydrogen-bond donors (Lipinski definition) is 3. The van der Waals surface area contributed by atoms with Crippen molar-refractivity contribution in [2.24, 2.45) is 0 Å². The fourth-order valence-corrected chi connectivity index (χ4v) is 2.89. The predicted molar refractivity (Wildman–Crippen MR) is 112 cm³/mol. The quantitative estimate of drug-likeness (QED) is 0.399. The molecule has 0 aliphatic carbocycles. The number of nitrogens with zero attached hydrogens (tertiary/aromatic N) is 2. The zero-order valence-electron chi connectivity index (χ0n) is 16.5. The number of nitro groups is 1. The van der Waals surface area contributed by atoms with E-state index in [1.807, 2.05) is 0 Å². The standard InChI is InChI=1S/C19H21BrN4O6/c1-19(2,3)30-18(27)23-14(11-7-5-4-6-8-11)15(17(25)26)22-16-13(24(28)29)9-12(20)10-21-16/h4-10,14-15H,1-3H3,(H,21,22)(H,23,27)(H,25,26)/t14-,15+/m1/s1. The van der Waals surface area contributed by atoms with Crippen LogP contribution in [0, 0.1) is 10.1 Å². The first kappa shape index (κ1) is 23.1. The summed E-state index contributed by atoms with van der Waals surface area (Å²) in [6.07, 6.45) is 0.468. The van der Waals surface area contributed by atoms with E-state index in [-0.39, 0.29) is 5.82 Å². The third-order valence-electron chi connectivity index (χ3n) is 3.75. The molecule has 0 saturated carbocycles. The van der Waals surface area contributed by atoms with Gasteiger partial charge in [0.2, 0.25) is 5.82 Å². The number of alkyl carbamates (subject to hydrolysis) is 1. The first-order valence-electron chi connectivity index (χ1n) is 8.81. The minimum absolute atomic E-state index is 0.248. The first-order chi connectivity index (χ1) is 14.0. The molecule has 1 heterocycles. The highest BCUT2D eigenvalue weighted by atomic mass is 79.9. The molecule has 160 valence electrons. The van der Waals surface area contributed by atoms with Crippen LogP contribution in [-0.2, 0) is 9.53 Å². The van der Waals surface area contributed by atoms with E-state index < -0.39 is 40.4 Å². The highest BCUT2D eigenvalue weighted by Gasteiger charge is 2.34. The number of pyridine rings is 1. The van der Waals surface area contributed by atoms with E-state index in [0.29, 0.717) is 10.0 Å². The third kappa shape index (κ3) is 6.41. The van der Waals surface area contributed by atoms with E-state index in [1.54, 1.807) is 51.1 Å².